The Morgan fingerprint density at radius 1 is 1.36 bits per heavy atom. The Morgan fingerprint density at radius 3 is 2.45 bits per heavy atom. The van der Waals surface area contributed by atoms with Crippen molar-refractivity contribution in [3.8, 4) is 0 Å². The summed E-state index contributed by atoms with van der Waals surface area (Å²) in [5.74, 6) is -0.990. The highest BCUT2D eigenvalue weighted by atomic mass is 16.4. The van der Waals surface area contributed by atoms with E-state index in [9.17, 15) is 4.79 Å². The van der Waals surface area contributed by atoms with Gasteiger partial charge >= 0.3 is 5.97 Å². The van der Waals surface area contributed by atoms with E-state index in [4.69, 9.17) is 15.3 Å². The van der Waals surface area contributed by atoms with Crippen molar-refractivity contribution < 1.29 is 20.1 Å². The van der Waals surface area contributed by atoms with Crippen LogP contribution in [0.5, 0.6) is 0 Å². The van der Waals surface area contributed by atoms with Crippen molar-refractivity contribution in [1.29, 1.82) is 0 Å². The first-order chi connectivity index (χ1) is 5.11. The Kier molecular flexibility index (Phi) is 2.43. The van der Waals surface area contributed by atoms with Crippen molar-refractivity contribution in [2.45, 2.75) is 24.7 Å². The Hall–Kier alpha value is -0.650. The fourth-order valence-corrected chi connectivity index (χ4v) is 1.07. The molecule has 1 aliphatic heterocycles. The second-order valence-electron chi connectivity index (χ2n) is 2.67. The predicted molar refractivity (Wildman–Crippen MR) is 36.1 cm³/mol. The molecule has 0 radical (unpaired) electrons. The highest BCUT2D eigenvalue weighted by molar-refractivity contribution is 5.73. The normalized spacial score (nSPS) is 38.5. The number of carboxylic acid groups (broad SMARTS) is 1. The van der Waals surface area contributed by atoms with Crippen LogP contribution in [0.1, 0.15) is 6.42 Å². The summed E-state index contributed by atoms with van der Waals surface area (Å²) in [6.07, 6.45) is -1.70. The van der Waals surface area contributed by atoms with Gasteiger partial charge in [0.15, 0.2) is 0 Å². The minimum Gasteiger partial charge on any atom is -0.480 e. The maximum Gasteiger partial charge on any atom is 0.320 e. The summed E-state index contributed by atoms with van der Waals surface area (Å²) < 4.78 is 0. The van der Waals surface area contributed by atoms with Crippen molar-refractivity contribution in [3.05, 3.63) is 0 Å². The van der Waals surface area contributed by atoms with Crippen LogP contribution in [-0.4, -0.2) is 46.1 Å². The molecule has 0 unspecified atom stereocenters. The van der Waals surface area contributed by atoms with Crippen LogP contribution >= 0.6 is 0 Å². The van der Waals surface area contributed by atoms with Crippen molar-refractivity contribution in [2.24, 2.45) is 0 Å². The van der Waals surface area contributed by atoms with Gasteiger partial charge in [0.25, 0.3) is 0 Å². The molecule has 0 saturated carbocycles. The Bertz CT molecular complexity index is 161. The van der Waals surface area contributed by atoms with E-state index in [2.05, 4.69) is 5.32 Å². The molecule has 11 heavy (non-hydrogen) atoms. The summed E-state index contributed by atoms with van der Waals surface area (Å²) >= 11 is 0. The first-order valence-corrected chi connectivity index (χ1v) is 3.43. The Morgan fingerprint density at radius 2 is 2.00 bits per heavy atom. The van der Waals surface area contributed by atoms with Gasteiger partial charge in [-0.25, -0.2) is 0 Å². The molecule has 1 saturated heterocycles. The zero-order valence-electron chi connectivity index (χ0n) is 5.90. The van der Waals surface area contributed by atoms with Crippen molar-refractivity contribution >= 4 is 5.97 Å². The molecule has 1 fully saturated rings. The smallest absolute Gasteiger partial charge is 0.320 e. The van der Waals surface area contributed by atoms with Crippen LogP contribution in [0.2, 0.25) is 0 Å². The van der Waals surface area contributed by atoms with E-state index in [1.54, 1.807) is 0 Å². The third-order valence-corrected chi connectivity index (χ3v) is 1.79. The van der Waals surface area contributed by atoms with E-state index >= 15 is 0 Å². The molecule has 0 spiro atoms. The topological polar surface area (TPSA) is 89.8 Å². The molecule has 4 N–H and O–H groups in total. The van der Waals surface area contributed by atoms with Gasteiger partial charge in [-0.3, -0.25) is 4.79 Å². The standard InChI is InChI=1S/C6H11NO4/c8-4-1-3(6(10)11)7-2-5(4)9/h3-5,7-9H,1-2H2,(H,10,11)/t3-,4+,5+/m0/s1. The van der Waals surface area contributed by atoms with Crippen molar-refractivity contribution in [2.75, 3.05) is 6.54 Å². The lowest BCUT2D eigenvalue weighted by atomic mass is 10.00. The SMILES string of the molecule is O=C(O)[C@@H]1C[C@@H](O)[C@H](O)CN1. The number of carboxylic acids is 1. The first kappa shape index (κ1) is 8.45. The quantitative estimate of drug-likeness (QED) is 0.362. The molecule has 0 aromatic carbocycles. The predicted octanol–water partition coefficient (Wildman–Crippen LogP) is -1.85. The molecule has 1 heterocycles. The zero-order chi connectivity index (χ0) is 8.43. The number of hydrogen-bond acceptors (Lipinski definition) is 4. The molecule has 5 heteroatoms. The first-order valence-electron chi connectivity index (χ1n) is 3.43. The van der Waals surface area contributed by atoms with Crippen LogP contribution in [0.3, 0.4) is 0 Å². The van der Waals surface area contributed by atoms with Gasteiger partial charge in [0.2, 0.25) is 0 Å². The van der Waals surface area contributed by atoms with Crippen molar-refractivity contribution in [3.63, 3.8) is 0 Å². The lowest BCUT2D eigenvalue weighted by Gasteiger charge is -2.28. The average Bonchev–Trinajstić information content (AvgIpc) is 1.94. The van der Waals surface area contributed by atoms with Crippen LogP contribution in [0.15, 0.2) is 0 Å². The van der Waals surface area contributed by atoms with E-state index in [1.807, 2.05) is 0 Å². The van der Waals surface area contributed by atoms with Crippen LogP contribution in [0.25, 0.3) is 0 Å². The van der Waals surface area contributed by atoms with Crippen LogP contribution in [-0.2, 0) is 4.79 Å². The summed E-state index contributed by atoms with van der Waals surface area (Å²) in [5, 5.41) is 29.1. The number of aliphatic hydroxyl groups is 2. The number of aliphatic carboxylic acids is 1. The Labute approximate surface area is 63.7 Å². The van der Waals surface area contributed by atoms with Gasteiger partial charge in [-0.2, -0.15) is 0 Å². The highest BCUT2D eigenvalue weighted by Gasteiger charge is 2.30. The largest absolute Gasteiger partial charge is 0.480 e. The maximum absolute atomic E-state index is 10.4. The Balaban J connectivity index is 2.46. The number of β-amino-alcohol motifs (C(OH)–C–C–N with tert-alkyl or cyclic N) is 1. The van der Waals surface area contributed by atoms with Crippen molar-refractivity contribution in [1.82, 2.24) is 5.32 Å². The lowest BCUT2D eigenvalue weighted by molar-refractivity contribution is -0.142. The monoisotopic (exact) mass is 161 g/mol. The molecule has 1 aliphatic rings. The van der Waals surface area contributed by atoms with Crippen LogP contribution in [0, 0.1) is 0 Å². The van der Waals surface area contributed by atoms with Gasteiger partial charge in [0, 0.05) is 13.0 Å². The van der Waals surface area contributed by atoms with Crippen LogP contribution in [0.4, 0.5) is 0 Å². The zero-order valence-corrected chi connectivity index (χ0v) is 5.90. The number of rotatable bonds is 1. The molecule has 0 aromatic rings. The second-order valence-corrected chi connectivity index (χ2v) is 2.67. The van der Waals surface area contributed by atoms with Gasteiger partial charge in [0.05, 0.1) is 12.2 Å². The molecule has 0 aromatic heterocycles. The molecule has 5 nitrogen and oxygen atoms in total. The lowest BCUT2D eigenvalue weighted by Crippen LogP contribution is -2.52. The minimum absolute atomic E-state index is 0.0660. The summed E-state index contributed by atoms with van der Waals surface area (Å²) in [6.45, 7) is 0.137. The molecule has 0 aliphatic carbocycles. The third-order valence-electron chi connectivity index (χ3n) is 1.79. The number of nitrogens with one attached hydrogen (secondary N) is 1. The maximum atomic E-state index is 10.4. The fraction of sp³-hybridized carbons (Fsp3) is 0.833. The number of hydrogen-bond donors (Lipinski definition) is 4. The summed E-state index contributed by atoms with van der Waals surface area (Å²) in [4.78, 5) is 10.4. The summed E-state index contributed by atoms with van der Waals surface area (Å²) in [5.41, 5.74) is 0. The third kappa shape index (κ3) is 1.89. The van der Waals surface area contributed by atoms with Gasteiger partial charge in [-0.05, 0) is 0 Å². The van der Waals surface area contributed by atoms with Gasteiger partial charge in [-0.15, -0.1) is 0 Å². The molecule has 0 bridgehead atoms. The second kappa shape index (κ2) is 3.17. The molecular formula is C6H11NO4. The molecular weight excluding hydrogens is 150 g/mol. The van der Waals surface area contributed by atoms with Gasteiger partial charge in [-0.1, -0.05) is 0 Å². The minimum atomic E-state index is -0.990. The van der Waals surface area contributed by atoms with Gasteiger partial charge < -0.3 is 20.6 Å². The number of piperidine rings is 1. The van der Waals surface area contributed by atoms with E-state index in [0.717, 1.165) is 0 Å². The number of aliphatic hydroxyl groups excluding tert-OH is 2. The molecule has 3 atom stereocenters. The molecule has 0 amide bonds. The van der Waals surface area contributed by atoms with E-state index in [1.165, 1.54) is 0 Å². The van der Waals surface area contributed by atoms with Gasteiger partial charge in [0.1, 0.15) is 6.04 Å². The fourth-order valence-electron chi connectivity index (χ4n) is 1.07. The molecule has 1 rings (SSSR count). The van der Waals surface area contributed by atoms with Crippen LogP contribution < -0.4 is 5.32 Å². The summed E-state index contributed by atoms with van der Waals surface area (Å²) in [7, 11) is 0. The average molecular weight is 161 g/mol. The summed E-state index contributed by atoms with van der Waals surface area (Å²) in [6, 6.07) is -0.728. The molecule has 64 valence electrons. The number of carbonyl (C=O) groups is 1. The van der Waals surface area contributed by atoms with E-state index in [-0.39, 0.29) is 13.0 Å². The highest BCUT2D eigenvalue weighted by Crippen LogP contribution is 2.08. The van der Waals surface area contributed by atoms with E-state index < -0.39 is 24.2 Å². The van der Waals surface area contributed by atoms with E-state index in [0.29, 0.717) is 0 Å².